The molecule has 38 heavy (non-hydrogen) atoms. The molecule has 3 aromatic rings. The molecule has 9 heteroatoms. The van der Waals surface area contributed by atoms with Crippen molar-refractivity contribution in [3.05, 3.63) is 60.7 Å². The number of nitrogens with zero attached hydrogens (tertiary/aromatic N) is 1. The number of carbonyl (C=O) groups excluding carboxylic acids is 4. The fraction of sp³-hybridized carbons (Fsp3) is 0.310. The summed E-state index contributed by atoms with van der Waals surface area (Å²) in [6.07, 6.45) is 4.14. The van der Waals surface area contributed by atoms with Gasteiger partial charge in [0.05, 0.1) is 7.11 Å². The number of likely N-dealkylation sites (tertiary alicyclic amines) is 1. The Labute approximate surface area is 223 Å². The highest BCUT2D eigenvalue weighted by molar-refractivity contribution is 5.91. The maximum Gasteiger partial charge on any atom is 0.407 e. The monoisotopic (exact) mass is 520 g/mol. The number of fused-ring (bicyclic) bond motifs is 1. The van der Waals surface area contributed by atoms with E-state index in [1.807, 2.05) is 54.6 Å². The van der Waals surface area contributed by atoms with E-state index in [0.29, 0.717) is 12.8 Å². The van der Waals surface area contributed by atoms with Crippen LogP contribution in [0.2, 0.25) is 0 Å². The number of hydrogen-bond donors (Lipinski definition) is 3. The molecule has 0 saturated carbocycles. The van der Waals surface area contributed by atoms with Gasteiger partial charge < -0.3 is 25.6 Å². The zero-order valence-electron chi connectivity index (χ0n) is 22.2. The van der Waals surface area contributed by atoms with Crippen LogP contribution < -0.4 is 16.0 Å². The molecule has 1 aliphatic rings. The molecule has 0 atom stereocenters. The summed E-state index contributed by atoms with van der Waals surface area (Å²) in [5.41, 5.74) is 3.72. The lowest BCUT2D eigenvalue weighted by molar-refractivity contribution is -0.129. The molecule has 0 unspecified atom stereocenters. The highest BCUT2D eigenvalue weighted by Gasteiger charge is 2.17. The first kappa shape index (κ1) is 29.8. The topological polar surface area (TPSA) is 117 Å². The highest BCUT2D eigenvalue weighted by Crippen LogP contribution is 2.27. The van der Waals surface area contributed by atoms with Gasteiger partial charge in [-0.3, -0.25) is 14.4 Å². The van der Waals surface area contributed by atoms with Crippen molar-refractivity contribution >= 4 is 47.0 Å². The number of nitrogens with one attached hydrogen (secondary N) is 3. The van der Waals surface area contributed by atoms with Gasteiger partial charge >= 0.3 is 6.09 Å². The quantitative estimate of drug-likeness (QED) is 0.378. The molecule has 0 spiro atoms. The lowest BCUT2D eigenvalue weighted by atomic mass is 10.0. The largest absolute Gasteiger partial charge is 0.453 e. The van der Waals surface area contributed by atoms with Gasteiger partial charge in [0, 0.05) is 24.5 Å². The summed E-state index contributed by atoms with van der Waals surface area (Å²) in [6, 6.07) is 19.6. The smallest absolute Gasteiger partial charge is 0.407 e. The van der Waals surface area contributed by atoms with E-state index >= 15 is 0 Å². The van der Waals surface area contributed by atoms with E-state index in [0.717, 1.165) is 59.2 Å². The zero-order valence-corrected chi connectivity index (χ0v) is 22.2. The van der Waals surface area contributed by atoms with Crippen molar-refractivity contribution in [2.75, 3.05) is 37.4 Å². The van der Waals surface area contributed by atoms with Crippen molar-refractivity contribution in [3.63, 3.8) is 0 Å². The van der Waals surface area contributed by atoms with Crippen molar-refractivity contribution in [2.24, 2.45) is 0 Å². The van der Waals surface area contributed by atoms with Gasteiger partial charge in [-0.25, -0.2) is 4.79 Å². The average molecular weight is 521 g/mol. The van der Waals surface area contributed by atoms with Crippen LogP contribution in [0.25, 0.3) is 21.9 Å². The number of benzene rings is 3. The molecule has 9 nitrogen and oxygen atoms in total. The third-order valence-corrected chi connectivity index (χ3v) is 5.54. The number of methoxy groups -OCH3 is 1. The molecular weight excluding hydrogens is 484 g/mol. The maximum atomic E-state index is 11.3. The summed E-state index contributed by atoms with van der Waals surface area (Å²) >= 11 is 0. The third kappa shape index (κ3) is 9.57. The summed E-state index contributed by atoms with van der Waals surface area (Å²) < 4.78 is 4.34. The number of ether oxygens (including phenoxy) is 1. The Morgan fingerprint density at radius 3 is 1.95 bits per heavy atom. The van der Waals surface area contributed by atoms with Crippen LogP contribution in [-0.4, -0.2) is 56.5 Å². The number of rotatable bonds is 7. The second kappa shape index (κ2) is 16.4. The Morgan fingerprint density at radius 1 is 0.816 bits per heavy atom. The highest BCUT2D eigenvalue weighted by atomic mass is 16.5. The predicted molar refractivity (Wildman–Crippen MR) is 151 cm³/mol. The molecule has 1 heterocycles. The lowest BCUT2D eigenvalue weighted by Gasteiger charge is -2.14. The van der Waals surface area contributed by atoms with Gasteiger partial charge in [-0.1, -0.05) is 50.6 Å². The minimum absolute atomic E-state index is 0.0344. The molecule has 3 N–H and O–H groups in total. The standard InChI is InChI=1S/C18H14N2O2.C8H14N2O3.C3H8/c21-11-19-17-6-3-13(4-7-17)14-1-2-16-10-18(20-12-22)8-5-15(16)9-14;1-13-8(12)9-6-7(11)10-4-2-3-5-10;1-3-2/h1-12H,(H,19,21)(H,20,22);2-6H2,1H3,(H,9,12);3H2,1-2H3. The summed E-state index contributed by atoms with van der Waals surface area (Å²) in [7, 11) is 1.27. The van der Waals surface area contributed by atoms with E-state index in [4.69, 9.17) is 0 Å². The van der Waals surface area contributed by atoms with Gasteiger partial charge in [-0.05, 0) is 65.1 Å². The Morgan fingerprint density at radius 2 is 1.34 bits per heavy atom. The average Bonchev–Trinajstić information content (AvgIpc) is 3.48. The molecule has 4 amide bonds. The van der Waals surface area contributed by atoms with Crippen LogP contribution in [0.15, 0.2) is 60.7 Å². The summed E-state index contributed by atoms with van der Waals surface area (Å²) in [4.78, 5) is 44.6. The molecule has 0 aliphatic carbocycles. The molecule has 1 saturated heterocycles. The first-order valence-corrected chi connectivity index (χ1v) is 12.6. The van der Waals surface area contributed by atoms with Crippen LogP contribution in [-0.2, 0) is 19.1 Å². The third-order valence-electron chi connectivity index (χ3n) is 5.54. The van der Waals surface area contributed by atoms with Crippen molar-refractivity contribution < 1.29 is 23.9 Å². The number of amides is 4. The number of anilines is 2. The molecule has 0 radical (unpaired) electrons. The summed E-state index contributed by atoms with van der Waals surface area (Å²) in [5.74, 6) is -0.0390. The predicted octanol–water partition coefficient (Wildman–Crippen LogP) is 5.02. The summed E-state index contributed by atoms with van der Waals surface area (Å²) in [6.45, 7) is 5.90. The van der Waals surface area contributed by atoms with Gasteiger partial charge in [0.25, 0.3) is 0 Å². The van der Waals surface area contributed by atoms with Crippen LogP contribution in [0.1, 0.15) is 33.1 Å². The zero-order chi connectivity index (χ0) is 27.8. The van der Waals surface area contributed by atoms with Crippen molar-refractivity contribution in [2.45, 2.75) is 33.1 Å². The molecule has 1 fully saturated rings. The first-order chi connectivity index (χ1) is 18.4. The van der Waals surface area contributed by atoms with E-state index in [9.17, 15) is 19.2 Å². The van der Waals surface area contributed by atoms with Crippen LogP contribution in [0.5, 0.6) is 0 Å². The fourth-order valence-corrected chi connectivity index (χ4v) is 3.71. The second-order valence-corrected chi connectivity index (χ2v) is 8.52. The van der Waals surface area contributed by atoms with E-state index < -0.39 is 6.09 Å². The Kier molecular flexibility index (Phi) is 12.8. The Hall–Kier alpha value is -4.40. The van der Waals surface area contributed by atoms with Crippen LogP contribution in [0.4, 0.5) is 16.2 Å². The van der Waals surface area contributed by atoms with Crippen molar-refractivity contribution in [1.29, 1.82) is 0 Å². The minimum atomic E-state index is -0.562. The molecule has 0 aromatic heterocycles. The molecule has 0 bridgehead atoms. The van der Waals surface area contributed by atoms with Gasteiger partial charge in [0.15, 0.2) is 0 Å². The Balaban J connectivity index is 0.000000270. The lowest BCUT2D eigenvalue weighted by Crippen LogP contribution is -2.38. The molecular formula is C29H36N4O5. The van der Waals surface area contributed by atoms with Gasteiger partial charge in [0.1, 0.15) is 6.54 Å². The molecule has 202 valence electrons. The maximum absolute atomic E-state index is 11.3. The van der Waals surface area contributed by atoms with E-state index in [1.54, 1.807) is 4.90 Å². The van der Waals surface area contributed by atoms with Crippen molar-refractivity contribution in [1.82, 2.24) is 10.2 Å². The number of carbonyl (C=O) groups is 4. The SMILES string of the molecule is CCC.COC(=O)NCC(=O)N1CCCC1.O=CNc1ccc(-c2ccc3cc(NC=O)ccc3c2)cc1. The van der Waals surface area contributed by atoms with Crippen LogP contribution >= 0.6 is 0 Å². The normalized spacial score (nSPS) is 11.7. The molecule has 4 rings (SSSR count). The fourth-order valence-electron chi connectivity index (χ4n) is 3.71. The van der Waals surface area contributed by atoms with E-state index in [2.05, 4.69) is 40.6 Å². The number of hydrogen-bond acceptors (Lipinski definition) is 5. The Bertz CT molecular complexity index is 1190. The molecule has 1 aliphatic heterocycles. The molecule has 3 aromatic carbocycles. The second-order valence-electron chi connectivity index (χ2n) is 8.52. The first-order valence-electron chi connectivity index (χ1n) is 12.6. The minimum Gasteiger partial charge on any atom is -0.453 e. The van der Waals surface area contributed by atoms with Gasteiger partial charge in [0.2, 0.25) is 18.7 Å². The van der Waals surface area contributed by atoms with E-state index in [1.165, 1.54) is 13.5 Å². The van der Waals surface area contributed by atoms with Gasteiger partial charge in [-0.2, -0.15) is 0 Å². The number of alkyl carbamates (subject to hydrolysis) is 1. The summed E-state index contributed by atoms with van der Waals surface area (Å²) in [5, 5.41) is 9.79. The van der Waals surface area contributed by atoms with Crippen molar-refractivity contribution in [3.8, 4) is 11.1 Å². The van der Waals surface area contributed by atoms with E-state index in [-0.39, 0.29) is 12.5 Å². The van der Waals surface area contributed by atoms with Gasteiger partial charge in [-0.15, -0.1) is 0 Å². The van der Waals surface area contributed by atoms with Crippen LogP contribution in [0.3, 0.4) is 0 Å². The van der Waals surface area contributed by atoms with Crippen LogP contribution in [0, 0.1) is 0 Å².